The summed E-state index contributed by atoms with van der Waals surface area (Å²) in [6.45, 7) is 2.01. The van der Waals surface area contributed by atoms with Crippen molar-refractivity contribution in [1.82, 2.24) is 15.0 Å². The zero-order chi connectivity index (χ0) is 24.7. The van der Waals surface area contributed by atoms with Crippen LogP contribution < -0.4 is 11.1 Å². The van der Waals surface area contributed by atoms with Crippen LogP contribution in [0.1, 0.15) is 42.6 Å². The number of rotatable bonds is 6. The van der Waals surface area contributed by atoms with E-state index in [1.807, 2.05) is 37.3 Å². The number of hydrogen-bond donors (Lipinski definition) is 4. The number of aliphatic carboxylic acids is 1. The number of nitrogens with one attached hydrogen (secondary N) is 2. The minimum Gasteiger partial charge on any atom is -0.481 e. The standard InChI is InChI=1S/C26H27ClN6O2/c1-13-2-4-14(5-3-13)19-11-20(32-23-16-8-6-15(7-9-16)21(23)26(34)35)33-25(31-19)22(28)18-10-17(27)12-30-24(18)29/h2-5,10-12,15-16,21,23,28H,6-9H2,1H3,(H2,29,30)(H,34,35)(H,31,32,33). The van der Waals surface area contributed by atoms with Crippen LogP contribution in [-0.4, -0.2) is 37.8 Å². The predicted octanol–water partition coefficient (Wildman–Crippen LogP) is 4.80. The number of fused-ring (bicyclic) bond motifs is 3. The second kappa shape index (κ2) is 9.26. The molecule has 35 heavy (non-hydrogen) atoms. The molecule has 2 heterocycles. The van der Waals surface area contributed by atoms with Crippen LogP contribution in [0.3, 0.4) is 0 Å². The van der Waals surface area contributed by atoms with Crippen LogP contribution in [0, 0.1) is 30.1 Å². The van der Waals surface area contributed by atoms with E-state index in [4.69, 9.17) is 22.7 Å². The molecular weight excluding hydrogens is 464 g/mol. The number of nitrogen functional groups attached to an aromatic ring is 1. The fraction of sp³-hybridized carbons (Fsp3) is 0.346. The fourth-order valence-electron chi connectivity index (χ4n) is 5.46. The normalized spacial score (nSPS) is 23.1. The number of carbonyl (C=O) groups is 1. The Morgan fingerprint density at radius 3 is 2.49 bits per heavy atom. The molecule has 3 fully saturated rings. The van der Waals surface area contributed by atoms with Crippen molar-refractivity contribution in [2.45, 2.75) is 38.6 Å². The highest BCUT2D eigenvalue weighted by atomic mass is 35.5. The molecule has 0 radical (unpaired) electrons. The van der Waals surface area contributed by atoms with Crippen molar-refractivity contribution < 1.29 is 9.90 Å². The van der Waals surface area contributed by atoms with Gasteiger partial charge in [0.2, 0.25) is 0 Å². The molecule has 3 saturated carbocycles. The van der Waals surface area contributed by atoms with Crippen LogP contribution in [0.5, 0.6) is 0 Å². The summed E-state index contributed by atoms with van der Waals surface area (Å²) in [5.74, 6) is 0.0279. The van der Waals surface area contributed by atoms with E-state index in [1.54, 1.807) is 6.07 Å². The molecular formula is C26H27ClN6O2. The van der Waals surface area contributed by atoms with Gasteiger partial charge in [0.25, 0.3) is 0 Å². The van der Waals surface area contributed by atoms with Crippen molar-refractivity contribution in [2.75, 3.05) is 11.1 Å². The molecule has 3 aliphatic rings. The molecule has 9 heteroatoms. The summed E-state index contributed by atoms with van der Waals surface area (Å²) in [7, 11) is 0. The third-order valence-corrected chi connectivity index (χ3v) is 7.48. The third-order valence-electron chi connectivity index (χ3n) is 7.27. The molecule has 1 aromatic carbocycles. The van der Waals surface area contributed by atoms with E-state index in [-0.39, 0.29) is 35.2 Å². The van der Waals surface area contributed by atoms with Crippen LogP contribution in [-0.2, 0) is 4.79 Å². The van der Waals surface area contributed by atoms with Crippen LogP contribution in [0.15, 0.2) is 42.6 Å². The molecule has 0 aliphatic heterocycles. The lowest BCUT2D eigenvalue weighted by Gasteiger charge is -2.47. The number of nitrogens with zero attached hydrogens (tertiary/aromatic N) is 3. The number of aryl methyl sites for hydroxylation is 1. The second-order valence-corrected chi connectivity index (χ2v) is 9.93. The van der Waals surface area contributed by atoms with E-state index >= 15 is 0 Å². The monoisotopic (exact) mass is 490 g/mol. The highest BCUT2D eigenvalue weighted by molar-refractivity contribution is 6.31. The number of halogens is 1. The smallest absolute Gasteiger partial charge is 0.308 e. The Labute approximate surface area is 208 Å². The van der Waals surface area contributed by atoms with Gasteiger partial charge in [0.05, 0.1) is 16.6 Å². The minimum absolute atomic E-state index is 0.00513. The molecule has 2 aromatic heterocycles. The van der Waals surface area contributed by atoms with Gasteiger partial charge in [-0.2, -0.15) is 0 Å². The average Bonchev–Trinajstić information content (AvgIpc) is 2.86. The zero-order valence-corrected chi connectivity index (χ0v) is 20.1. The largest absolute Gasteiger partial charge is 0.481 e. The molecule has 0 amide bonds. The lowest BCUT2D eigenvalue weighted by molar-refractivity contribution is -0.148. The molecule has 2 atom stereocenters. The molecule has 0 spiro atoms. The van der Waals surface area contributed by atoms with Crippen molar-refractivity contribution in [3.63, 3.8) is 0 Å². The maximum absolute atomic E-state index is 12.2. The summed E-state index contributed by atoms with van der Waals surface area (Å²) in [4.78, 5) is 25.5. The average molecular weight is 491 g/mol. The number of aromatic nitrogens is 3. The van der Waals surface area contributed by atoms with E-state index in [0.29, 0.717) is 22.1 Å². The van der Waals surface area contributed by atoms with Gasteiger partial charge in [0.15, 0.2) is 5.82 Å². The van der Waals surface area contributed by atoms with Crippen LogP contribution >= 0.6 is 11.6 Å². The molecule has 3 aromatic rings. The number of carboxylic acids is 1. The van der Waals surface area contributed by atoms with Gasteiger partial charge in [-0.05, 0) is 50.5 Å². The molecule has 8 nitrogen and oxygen atoms in total. The Morgan fingerprint density at radius 1 is 1.11 bits per heavy atom. The first-order valence-corrected chi connectivity index (χ1v) is 12.1. The first-order chi connectivity index (χ1) is 16.8. The van der Waals surface area contributed by atoms with Gasteiger partial charge in [-0.3, -0.25) is 10.2 Å². The first kappa shape index (κ1) is 23.2. The number of anilines is 2. The summed E-state index contributed by atoms with van der Waals surface area (Å²) in [5, 5.41) is 22.6. The van der Waals surface area contributed by atoms with E-state index in [2.05, 4.69) is 20.3 Å². The molecule has 180 valence electrons. The predicted molar refractivity (Wildman–Crippen MR) is 136 cm³/mol. The Morgan fingerprint density at radius 2 is 1.80 bits per heavy atom. The number of carboxylic acid groups (broad SMARTS) is 1. The summed E-state index contributed by atoms with van der Waals surface area (Å²) < 4.78 is 0. The van der Waals surface area contributed by atoms with Crippen molar-refractivity contribution in [3.05, 3.63) is 64.6 Å². The maximum Gasteiger partial charge on any atom is 0.308 e. The van der Waals surface area contributed by atoms with Gasteiger partial charge in [-0.1, -0.05) is 41.4 Å². The van der Waals surface area contributed by atoms with Gasteiger partial charge in [-0.15, -0.1) is 0 Å². The van der Waals surface area contributed by atoms with Gasteiger partial charge < -0.3 is 16.2 Å². The lowest BCUT2D eigenvalue weighted by Crippen LogP contribution is -2.51. The van der Waals surface area contributed by atoms with Crippen molar-refractivity contribution in [1.29, 1.82) is 5.41 Å². The molecule has 6 rings (SSSR count). The Bertz CT molecular complexity index is 1290. The summed E-state index contributed by atoms with van der Waals surface area (Å²) in [5.41, 5.74) is 8.98. The quantitative estimate of drug-likeness (QED) is 0.364. The van der Waals surface area contributed by atoms with Crippen molar-refractivity contribution in [3.8, 4) is 11.3 Å². The molecule has 2 unspecified atom stereocenters. The number of benzene rings is 1. The van der Waals surface area contributed by atoms with Crippen LogP contribution in [0.25, 0.3) is 11.3 Å². The minimum atomic E-state index is -0.768. The lowest BCUT2D eigenvalue weighted by atomic mass is 9.61. The van der Waals surface area contributed by atoms with Gasteiger partial charge in [-0.25, -0.2) is 15.0 Å². The Kier molecular flexibility index (Phi) is 6.15. The van der Waals surface area contributed by atoms with Crippen LogP contribution in [0.4, 0.5) is 11.6 Å². The fourth-order valence-corrected chi connectivity index (χ4v) is 5.62. The summed E-state index contributed by atoms with van der Waals surface area (Å²) in [6, 6.07) is 11.1. The summed E-state index contributed by atoms with van der Waals surface area (Å²) >= 11 is 6.11. The Hall–Kier alpha value is -3.52. The van der Waals surface area contributed by atoms with E-state index in [0.717, 1.165) is 36.8 Å². The van der Waals surface area contributed by atoms with Gasteiger partial charge in [0, 0.05) is 29.4 Å². The number of nitrogens with two attached hydrogens (primary N) is 1. The molecule has 0 saturated heterocycles. The molecule has 3 aliphatic carbocycles. The topological polar surface area (TPSA) is 138 Å². The first-order valence-electron chi connectivity index (χ1n) is 11.8. The highest BCUT2D eigenvalue weighted by Gasteiger charge is 2.47. The second-order valence-electron chi connectivity index (χ2n) is 9.50. The molecule has 2 bridgehead atoms. The Balaban J connectivity index is 1.57. The van der Waals surface area contributed by atoms with E-state index in [1.165, 1.54) is 6.20 Å². The van der Waals surface area contributed by atoms with Gasteiger partial charge >= 0.3 is 5.97 Å². The van der Waals surface area contributed by atoms with E-state index < -0.39 is 11.9 Å². The summed E-state index contributed by atoms with van der Waals surface area (Å²) in [6.07, 6.45) is 5.35. The SMILES string of the molecule is Cc1ccc(-c2cc(NC3C4CCC(CC4)C3C(=O)O)nc(C(=N)c3cc(Cl)cnc3N)n2)cc1. The van der Waals surface area contributed by atoms with Crippen LogP contribution in [0.2, 0.25) is 5.02 Å². The zero-order valence-electron chi connectivity index (χ0n) is 19.3. The van der Waals surface area contributed by atoms with E-state index in [9.17, 15) is 9.90 Å². The van der Waals surface area contributed by atoms with Crippen molar-refractivity contribution in [2.24, 2.45) is 17.8 Å². The maximum atomic E-state index is 12.2. The number of hydrogen-bond acceptors (Lipinski definition) is 7. The third kappa shape index (κ3) is 4.58. The number of pyridine rings is 1. The highest BCUT2D eigenvalue weighted by Crippen LogP contribution is 2.46. The van der Waals surface area contributed by atoms with Gasteiger partial charge in [0.1, 0.15) is 17.3 Å². The van der Waals surface area contributed by atoms with Crippen molar-refractivity contribution >= 4 is 34.9 Å². The molecule has 5 N–H and O–H groups in total.